The van der Waals surface area contributed by atoms with Crippen LogP contribution in [0.2, 0.25) is 0 Å². The molecule has 0 radical (unpaired) electrons. The smallest absolute Gasteiger partial charge is 0.323 e. The van der Waals surface area contributed by atoms with Crippen molar-refractivity contribution in [3.63, 3.8) is 0 Å². The summed E-state index contributed by atoms with van der Waals surface area (Å²) in [5, 5.41) is 0. The van der Waals surface area contributed by atoms with Gasteiger partial charge in [-0.25, -0.2) is 0 Å². The number of carbonyl (C=O) groups excluding carboxylic acids is 2. The third-order valence-corrected chi connectivity index (χ3v) is 3.05. The van der Waals surface area contributed by atoms with Gasteiger partial charge in [-0.1, -0.05) is 0 Å². The number of hydrogen-bond acceptors (Lipinski definition) is 5. The second-order valence-electron chi connectivity index (χ2n) is 4.35. The lowest BCUT2D eigenvalue weighted by Gasteiger charge is -2.22. The Bertz CT molecular complexity index is 280. The number of nitrogens with zero attached hydrogens (tertiary/aromatic N) is 1. The van der Waals surface area contributed by atoms with Gasteiger partial charge in [0.25, 0.3) is 0 Å². The first-order chi connectivity index (χ1) is 8.69. The number of likely N-dealkylation sites (tertiary alicyclic amines) is 1. The largest absolute Gasteiger partial charge is 0.466 e. The van der Waals surface area contributed by atoms with Crippen LogP contribution < -0.4 is 0 Å². The molecule has 1 aliphatic rings. The summed E-state index contributed by atoms with van der Waals surface area (Å²) < 4.78 is 9.92. The molecule has 5 heteroatoms. The van der Waals surface area contributed by atoms with E-state index in [4.69, 9.17) is 9.47 Å². The molecule has 5 nitrogen and oxygen atoms in total. The molecule has 0 spiro atoms. The summed E-state index contributed by atoms with van der Waals surface area (Å²) in [4.78, 5) is 25.0. The van der Waals surface area contributed by atoms with Crippen molar-refractivity contribution in [2.24, 2.45) is 0 Å². The van der Waals surface area contributed by atoms with Gasteiger partial charge in [0.05, 0.1) is 13.2 Å². The van der Waals surface area contributed by atoms with Crippen molar-refractivity contribution in [3.8, 4) is 0 Å². The van der Waals surface area contributed by atoms with Crippen molar-refractivity contribution in [3.05, 3.63) is 0 Å². The Labute approximate surface area is 108 Å². The SMILES string of the molecule is CCOC(=O)CCCN1CCC[C@@H]1C(=O)OCC. The first-order valence-electron chi connectivity index (χ1n) is 6.75. The Kier molecular flexibility index (Phi) is 6.72. The van der Waals surface area contributed by atoms with Gasteiger partial charge in [0.1, 0.15) is 6.04 Å². The number of esters is 2. The zero-order valence-corrected chi connectivity index (χ0v) is 11.3. The minimum absolute atomic E-state index is 0.118. The van der Waals surface area contributed by atoms with Crippen LogP contribution in [-0.2, 0) is 19.1 Å². The molecular weight excluding hydrogens is 234 g/mol. The average molecular weight is 257 g/mol. The van der Waals surface area contributed by atoms with Crippen LogP contribution in [0, 0.1) is 0 Å². The third kappa shape index (κ3) is 4.64. The van der Waals surface area contributed by atoms with Gasteiger partial charge in [0.15, 0.2) is 0 Å². The van der Waals surface area contributed by atoms with Crippen LogP contribution in [-0.4, -0.2) is 49.2 Å². The van der Waals surface area contributed by atoms with Crippen molar-refractivity contribution >= 4 is 11.9 Å². The Morgan fingerprint density at radius 1 is 1.22 bits per heavy atom. The van der Waals surface area contributed by atoms with E-state index in [2.05, 4.69) is 4.90 Å². The minimum Gasteiger partial charge on any atom is -0.466 e. The van der Waals surface area contributed by atoms with E-state index in [-0.39, 0.29) is 18.0 Å². The second-order valence-corrected chi connectivity index (χ2v) is 4.35. The lowest BCUT2D eigenvalue weighted by atomic mass is 10.2. The Hall–Kier alpha value is -1.10. The van der Waals surface area contributed by atoms with Gasteiger partial charge in [-0.15, -0.1) is 0 Å². The summed E-state index contributed by atoms with van der Waals surface area (Å²) in [5.41, 5.74) is 0. The van der Waals surface area contributed by atoms with E-state index in [0.717, 1.165) is 32.4 Å². The van der Waals surface area contributed by atoms with E-state index in [1.807, 2.05) is 6.92 Å². The average Bonchev–Trinajstić information content (AvgIpc) is 2.78. The van der Waals surface area contributed by atoms with E-state index in [1.54, 1.807) is 6.92 Å². The monoisotopic (exact) mass is 257 g/mol. The van der Waals surface area contributed by atoms with Gasteiger partial charge >= 0.3 is 11.9 Å². The summed E-state index contributed by atoms with van der Waals surface area (Å²) in [6, 6.07) is -0.118. The van der Waals surface area contributed by atoms with E-state index in [0.29, 0.717) is 19.6 Å². The summed E-state index contributed by atoms with van der Waals surface area (Å²) in [5.74, 6) is -0.296. The molecule has 0 aromatic rings. The Morgan fingerprint density at radius 2 is 1.94 bits per heavy atom. The molecule has 0 amide bonds. The highest BCUT2D eigenvalue weighted by atomic mass is 16.5. The highest BCUT2D eigenvalue weighted by Gasteiger charge is 2.31. The maximum absolute atomic E-state index is 11.7. The van der Waals surface area contributed by atoms with Crippen LogP contribution in [0.1, 0.15) is 39.5 Å². The topological polar surface area (TPSA) is 55.8 Å². The fraction of sp³-hybridized carbons (Fsp3) is 0.846. The lowest BCUT2D eigenvalue weighted by Crippen LogP contribution is -2.38. The fourth-order valence-electron chi connectivity index (χ4n) is 2.26. The van der Waals surface area contributed by atoms with Gasteiger partial charge in [-0.3, -0.25) is 14.5 Å². The molecule has 0 saturated carbocycles. The van der Waals surface area contributed by atoms with Crippen molar-refractivity contribution in [2.45, 2.75) is 45.6 Å². The number of carbonyl (C=O) groups is 2. The van der Waals surface area contributed by atoms with E-state index < -0.39 is 0 Å². The quantitative estimate of drug-likeness (QED) is 0.644. The van der Waals surface area contributed by atoms with Crippen molar-refractivity contribution in [1.29, 1.82) is 0 Å². The molecule has 0 unspecified atom stereocenters. The molecule has 1 fully saturated rings. The normalized spacial score (nSPS) is 19.8. The highest BCUT2D eigenvalue weighted by Crippen LogP contribution is 2.19. The van der Waals surface area contributed by atoms with Crippen LogP contribution in [0.3, 0.4) is 0 Å². The molecule has 1 rings (SSSR count). The maximum atomic E-state index is 11.7. The lowest BCUT2D eigenvalue weighted by molar-refractivity contribution is -0.148. The zero-order valence-electron chi connectivity index (χ0n) is 11.3. The van der Waals surface area contributed by atoms with Crippen molar-refractivity contribution < 1.29 is 19.1 Å². The van der Waals surface area contributed by atoms with E-state index in [9.17, 15) is 9.59 Å². The first-order valence-corrected chi connectivity index (χ1v) is 6.75. The first kappa shape index (κ1) is 15.0. The standard InChI is InChI=1S/C13H23NO4/c1-3-17-12(15)8-6-10-14-9-5-7-11(14)13(16)18-4-2/h11H,3-10H2,1-2H3/t11-/m1/s1. The predicted octanol–water partition coefficient (Wildman–Crippen LogP) is 1.36. The van der Waals surface area contributed by atoms with Crippen molar-refractivity contribution in [2.75, 3.05) is 26.3 Å². The highest BCUT2D eigenvalue weighted by molar-refractivity contribution is 5.76. The number of ether oxygens (including phenoxy) is 2. The Morgan fingerprint density at radius 3 is 2.61 bits per heavy atom. The predicted molar refractivity (Wildman–Crippen MR) is 67.1 cm³/mol. The summed E-state index contributed by atoms with van der Waals surface area (Å²) in [6.07, 6.45) is 3.02. The zero-order chi connectivity index (χ0) is 13.4. The van der Waals surface area contributed by atoms with Gasteiger partial charge < -0.3 is 9.47 Å². The molecule has 0 bridgehead atoms. The second kappa shape index (κ2) is 8.08. The van der Waals surface area contributed by atoms with Crippen LogP contribution >= 0.6 is 0 Å². The molecule has 1 aliphatic heterocycles. The molecule has 0 N–H and O–H groups in total. The Balaban J connectivity index is 2.28. The van der Waals surface area contributed by atoms with Gasteiger partial charge in [0, 0.05) is 6.42 Å². The molecule has 1 atom stereocenters. The summed E-state index contributed by atoms with van der Waals surface area (Å²) in [7, 11) is 0. The number of hydrogen-bond donors (Lipinski definition) is 0. The minimum atomic E-state index is -0.163. The van der Waals surface area contributed by atoms with E-state index in [1.165, 1.54) is 0 Å². The summed E-state index contributed by atoms with van der Waals surface area (Å²) in [6.45, 7) is 6.13. The number of rotatable bonds is 7. The van der Waals surface area contributed by atoms with E-state index >= 15 is 0 Å². The van der Waals surface area contributed by atoms with Gasteiger partial charge in [0.2, 0.25) is 0 Å². The molecule has 1 saturated heterocycles. The molecule has 0 aromatic carbocycles. The molecule has 1 heterocycles. The van der Waals surface area contributed by atoms with Gasteiger partial charge in [-0.2, -0.15) is 0 Å². The molecule has 0 aromatic heterocycles. The van der Waals surface area contributed by atoms with Crippen LogP contribution in [0.4, 0.5) is 0 Å². The van der Waals surface area contributed by atoms with Crippen LogP contribution in [0.5, 0.6) is 0 Å². The third-order valence-electron chi connectivity index (χ3n) is 3.05. The summed E-state index contributed by atoms with van der Waals surface area (Å²) >= 11 is 0. The van der Waals surface area contributed by atoms with Gasteiger partial charge in [-0.05, 0) is 46.2 Å². The van der Waals surface area contributed by atoms with Crippen molar-refractivity contribution in [1.82, 2.24) is 4.90 Å². The molecule has 0 aliphatic carbocycles. The van der Waals surface area contributed by atoms with Crippen LogP contribution in [0.15, 0.2) is 0 Å². The fourth-order valence-corrected chi connectivity index (χ4v) is 2.26. The molecule has 18 heavy (non-hydrogen) atoms. The maximum Gasteiger partial charge on any atom is 0.323 e. The van der Waals surface area contributed by atoms with Crippen LogP contribution in [0.25, 0.3) is 0 Å². The molecule has 104 valence electrons. The molecular formula is C13H23NO4.